The molecule has 1 unspecified atom stereocenters. The predicted octanol–water partition coefficient (Wildman–Crippen LogP) is 3.36. The minimum Gasteiger partial charge on any atom is -0.360 e. The zero-order valence-corrected chi connectivity index (χ0v) is 10.8. The molecular formula is C9H12N2S3. The van der Waals surface area contributed by atoms with Crippen molar-refractivity contribution in [2.45, 2.75) is 20.9 Å². The van der Waals surface area contributed by atoms with Gasteiger partial charge in [0.25, 0.3) is 0 Å². The van der Waals surface area contributed by atoms with E-state index >= 15 is 0 Å². The van der Waals surface area contributed by atoms with Gasteiger partial charge in [0.1, 0.15) is 4.20 Å². The van der Waals surface area contributed by atoms with Crippen LogP contribution in [0.15, 0.2) is 22.2 Å². The van der Waals surface area contributed by atoms with Crippen molar-refractivity contribution < 1.29 is 0 Å². The fourth-order valence-corrected chi connectivity index (χ4v) is 3.88. The maximum atomic E-state index is 4.22. The standard InChI is InChI=1S/C9H12N2S3/c1-9(13-3)11-6-4-10-5-7(12-2)8(6)14-9/h4-5,11H,1-3H3. The van der Waals surface area contributed by atoms with Crippen LogP contribution in [0.1, 0.15) is 6.92 Å². The SMILES string of the molecule is CSc1cncc2c1SC(C)(SC)N2. The van der Waals surface area contributed by atoms with Gasteiger partial charge in [-0.1, -0.05) is 11.8 Å². The van der Waals surface area contributed by atoms with Crippen molar-refractivity contribution in [2.24, 2.45) is 0 Å². The van der Waals surface area contributed by atoms with Crippen LogP contribution in [-0.2, 0) is 0 Å². The smallest absolute Gasteiger partial charge is 0.132 e. The van der Waals surface area contributed by atoms with Gasteiger partial charge in [-0.05, 0) is 19.4 Å². The third-order valence-corrected chi connectivity index (χ3v) is 5.78. The summed E-state index contributed by atoms with van der Waals surface area (Å²) < 4.78 is 0.0653. The van der Waals surface area contributed by atoms with E-state index in [1.165, 1.54) is 15.5 Å². The molecule has 2 rings (SSSR count). The molecule has 1 aromatic heterocycles. The number of pyridine rings is 1. The molecule has 0 saturated carbocycles. The summed E-state index contributed by atoms with van der Waals surface area (Å²) in [4.78, 5) is 6.82. The van der Waals surface area contributed by atoms with Crippen LogP contribution in [0, 0.1) is 0 Å². The molecule has 1 aliphatic rings. The summed E-state index contributed by atoms with van der Waals surface area (Å²) in [5.74, 6) is 0. The van der Waals surface area contributed by atoms with Gasteiger partial charge >= 0.3 is 0 Å². The Balaban J connectivity index is 2.39. The molecule has 2 nitrogen and oxygen atoms in total. The molecular weight excluding hydrogens is 232 g/mol. The maximum absolute atomic E-state index is 4.22. The van der Waals surface area contributed by atoms with E-state index in [4.69, 9.17) is 0 Å². The summed E-state index contributed by atoms with van der Waals surface area (Å²) >= 11 is 5.46. The largest absolute Gasteiger partial charge is 0.360 e. The first-order chi connectivity index (χ1) is 6.68. The fourth-order valence-electron chi connectivity index (χ4n) is 1.33. The third kappa shape index (κ3) is 1.73. The summed E-state index contributed by atoms with van der Waals surface area (Å²) in [6.07, 6.45) is 8.05. The lowest BCUT2D eigenvalue weighted by Gasteiger charge is -2.20. The van der Waals surface area contributed by atoms with Crippen molar-refractivity contribution in [3.8, 4) is 0 Å². The number of rotatable bonds is 2. The van der Waals surface area contributed by atoms with Crippen LogP contribution in [0.3, 0.4) is 0 Å². The molecule has 1 atom stereocenters. The Morgan fingerprint density at radius 2 is 2.21 bits per heavy atom. The minimum absolute atomic E-state index is 0.0653. The van der Waals surface area contributed by atoms with Gasteiger partial charge in [-0.2, -0.15) is 0 Å². The fraction of sp³-hybridized carbons (Fsp3) is 0.444. The molecule has 0 aliphatic carbocycles. The number of nitrogens with zero attached hydrogens (tertiary/aromatic N) is 1. The van der Waals surface area contributed by atoms with Crippen molar-refractivity contribution in [3.05, 3.63) is 12.4 Å². The summed E-state index contributed by atoms with van der Waals surface area (Å²) in [6.45, 7) is 2.20. The number of aromatic nitrogens is 1. The Hall–Kier alpha value is -0.0000000000000000555. The van der Waals surface area contributed by atoms with Crippen molar-refractivity contribution in [2.75, 3.05) is 17.8 Å². The van der Waals surface area contributed by atoms with E-state index in [9.17, 15) is 0 Å². The van der Waals surface area contributed by atoms with Gasteiger partial charge in [0.15, 0.2) is 0 Å². The zero-order valence-electron chi connectivity index (χ0n) is 8.33. The van der Waals surface area contributed by atoms with Crippen LogP contribution < -0.4 is 5.32 Å². The number of nitrogens with one attached hydrogen (secondary N) is 1. The van der Waals surface area contributed by atoms with Gasteiger partial charge in [-0.3, -0.25) is 4.98 Å². The molecule has 0 amide bonds. The number of hydrogen-bond donors (Lipinski definition) is 1. The highest BCUT2D eigenvalue weighted by atomic mass is 32.2. The lowest BCUT2D eigenvalue weighted by atomic mass is 10.4. The molecule has 1 N–H and O–H groups in total. The Bertz CT molecular complexity index is 356. The molecule has 0 saturated heterocycles. The first kappa shape index (κ1) is 10.5. The van der Waals surface area contributed by atoms with Crippen LogP contribution in [-0.4, -0.2) is 21.7 Å². The van der Waals surface area contributed by atoms with Crippen LogP contribution in [0.2, 0.25) is 0 Å². The van der Waals surface area contributed by atoms with Crippen molar-refractivity contribution in [3.63, 3.8) is 0 Å². The van der Waals surface area contributed by atoms with E-state index < -0.39 is 0 Å². The first-order valence-corrected chi connectivity index (χ1v) is 7.49. The maximum Gasteiger partial charge on any atom is 0.132 e. The molecule has 0 radical (unpaired) electrons. The molecule has 1 aromatic rings. The Morgan fingerprint density at radius 3 is 2.86 bits per heavy atom. The highest BCUT2D eigenvalue weighted by Gasteiger charge is 2.33. The van der Waals surface area contributed by atoms with Crippen LogP contribution in [0.25, 0.3) is 0 Å². The van der Waals surface area contributed by atoms with Gasteiger partial charge in [0.05, 0.1) is 16.8 Å². The molecule has 76 valence electrons. The second-order valence-corrected chi connectivity index (χ2v) is 6.86. The minimum atomic E-state index is 0.0653. The Kier molecular flexibility index (Phi) is 2.91. The zero-order chi connectivity index (χ0) is 10.2. The molecule has 5 heteroatoms. The second-order valence-electron chi connectivity index (χ2n) is 3.10. The molecule has 0 aromatic carbocycles. The lowest BCUT2D eigenvalue weighted by Crippen LogP contribution is -2.20. The molecule has 2 heterocycles. The quantitative estimate of drug-likeness (QED) is 0.804. The van der Waals surface area contributed by atoms with E-state index in [1.54, 1.807) is 11.8 Å². The van der Waals surface area contributed by atoms with E-state index in [0.29, 0.717) is 0 Å². The molecule has 0 spiro atoms. The number of thioether (sulfide) groups is 3. The van der Waals surface area contributed by atoms with Gasteiger partial charge in [0, 0.05) is 11.1 Å². The van der Waals surface area contributed by atoms with Crippen LogP contribution >= 0.6 is 35.3 Å². The van der Waals surface area contributed by atoms with Crippen molar-refractivity contribution in [1.29, 1.82) is 0 Å². The molecule has 1 aliphatic heterocycles. The van der Waals surface area contributed by atoms with Crippen LogP contribution in [0.4, 0.5) is 5.69 Å². The highest BCUT2D eigenvalue weighted by Crippen LogP contribution is 2.52. The second kappa shape index (κ2) is 3.87. The van der Waals surface area contributed by atoms with E-state index in [0.717, 1.165) is 0 Å². The highest BCUT2D eigenvalue weighted by molar-refractivity contribution is 8.18. The van der Waals surface area contributed by atoms with Crippen molar-refractivity contribution in [1.82, 2.24) is 4.98 Å². The summed E-state index contributed by atoms with van der Waals surface area (Å²) in [5, 5.41) is 3.49. The molecule has 14 heavy (non-hydrogen) atoms. The number of anilines is 1. The van der Waals surface area contributed by atoms with E-state index in [1.807, 2.05) is 35.9 Å². The normalized spacial score (nSPS) is 24.5. The summed E-state index contributed by atoms with van der Waals surface area (Å²) in [6, 6.07) is 0. The van der Waals surface area contributed by atoms with E-state index in [2.05, 4.69) is 29.7 Å². The lowest BCUT2D eigenvalue weighted by molar-refractivity contribution is 1.06. The third-order valence-electron chi connectivity index (χ3n) is 2.13. The molecule has 0 fully saturated rings. The summed E-state index contributed by atoms with van der Waals surface area (Å²) in [7, 11) is 0. The van der Waals surface area contributed by atoms with E-state index in [-0.39, 0.29) is 4.20 Å². The van der Waals surface area contributed by atoms with Gasteiger partial charge < -0.3 is 5.32 Å². The Labute approximate surface area is 97.0 Å². The number of hydrogen-bond acceptors (Lipinski definition) is 5. The predicted molar refractivity (Wildman–Crippen MR) is 67.4 cm³/mol. The van der Waals surface area contributed by atoms with Crippen LogP contribution in [0.5, 0.6) is 0 Å². The average Bonchev–Trinajstić information content (AvgIpc) is 2.54. The molecule has 0 bridgehead atoms. The Morgan fingerprint density at radius 1 is 1.43 bits per heavy atom. The van der Waals surface area contributed by atoms with Crippen molar-refractivity contribution >= 4 is 41.0 Å². The number of fused-ring (bicyclic) bond motifs is 1. The topological polar surface area (TPSA) is 24.9 Å². The van der Waals surface area contributed by atoms with Gasteiger partial charge in [0.2, 0.25) is 0 Å². The van der Waals surface area contributed by atoms with Gasteiger partial charge in [-0.25, -0.2) is 0 Å². The summed E-state index contributed by atoms with van der Waals surface area (Å²) in [5.41, 5.74) is 1.17. The average molecular weight is 244 g/mol. The van der Waals surface area contributed by atoms with Gasteiger partial charge in [-0.15, -0.1) is 23.5 Å². The monoisotopic (exact) mass is 244 g/mol. The first-order valence-electron chi connectivity index (χ1n) is 4.23.